The minimum Gasteiger partial charge on any atom is -0.339 e. The van der Waals surface area contributed by atoms with Crippen LogP contribution in [-0.2, 0) is 11.2 Å². The fourth-order valence-corrected chi connectivity index (χ4v) is 3.97. The molecule has 26 heavy (non-hydrogen) atoms. The van der Waals surface area contributed by atoms with Crippen LogP contribution in [-0.4, -0.2) is 57.8 Å². The van der Waals surface area contributed by atoms with Gasteiger partial charge in [-0.1, -0.05) is 19.9 Å². The van der Waals surface area contributed by atoms with Gasteiger partial charge in [0.15, 0.2) is 0 Å². The first-order valence-corrected chi connectivity index (χ1v) is 9.71. The van der Waals surface area contributed by atoms with Gasteiger partial charge in [-0.3, -0.25) is 14.6 Å². The van der Waals surface area contributed by atoms with Gasteiger partial charge in [0.05, 0.1) is 17.1 Å². The summed E-state index contributed by atoms with van der Waals surface area (Å²) in [6.07, 6.45) is 2.00. The molecule has 1 aliphatic heterocycles. The maximum atomic E-state index is 12.8. The van der Waals surface area contributed by atoms with Crippen molar-refractivity contribution in [3.63, 3.8) is 0 Å². The van der Waals surface area contributed by atoms with Crippen LogP contribution >= 0.6 is 11.3 Å². The van der Waals surface area contributed by atoms with Gasteiger partial charge in [-0.25, -0.2) is 4.98 Å². The maximum absolute atomic E-state index is 12.8. The van der Waals surface area contributed by atoms with Crippen molar-refractivity contribution in [2.75, 3.05) is 26.2 Å². The molecule has 0 spiro atoms. The second kappa shape index (κ2) is 7.95. The molecule has 0 bridgehead atoms. The van der Waals surface area contributed by atoms with Crippen LogP contribution in [0.2, 0.25) is 0 Å². The normalized spacial score (nSPS) is 14.8. The molecular formula is C19H24N4O2S. The van der Waals surface area contributed by atoms with Crippen LogP contribution in [0.5, 0.6) is 0 Å². The summed E-state index contributed by atoms with van der Waals surface area (Å²) in [6.45, 7) is 8.29. The maximum Gasteiger partial charge on any atom is 0.265 e. The third-order valence-electron chi connectivity index (χ3n) is 4.48. The van der Waals surface area contributed by atoms with Gasteiger partial charge in [-0.2, -0.15) is 0 Å². The predicted molar refractivity (Wildman–Crippen MR) is 101 cm³/mol. The zero-order chi connectivity index (χ0) is 18.7. The van der Waals surface area contributed by atoms with Gasteiger partial charge in [0.1, 0.15) is 4.88 Å². The quantitative estimate of drug-likeness (QED) is 0.827. The summed E-state index contributed by atoms with van der Waals surface area (Å²) in [6, 6.07) is 5.58. The summed E-state index contributed by atoms with van der Waals surface area (Å²) in [7, 11) is 0. The summed E-state index contributed by atoms with van der Waals surface area (Å²) in [5.41, 5.74) is 1.58. The molecule has 0 aliphatic carbocycles. The van der Waals surface area contributed by atoms with Gasteiger partial charge in [0.2, 0.25) is 5.91 Å². The number of piperazine rings is 1. The highest BCUT2D eigenvalue weighted by atomic mass is 32.1. The van der Waals surface area contributed by atoms with Gasteiger partial charge in [0, 0.05) is 44.0 Å². The number of hydrogen-bond acceptors (Lipinski definition) is 5. The Kier molecular flexibility index (Phi) is 5.66. The number of aryl methyl sites for hydroxylation is 1. The average molecular weight is 372 g/mol. The number of amides is 2. The van der Waals surface area contributed by atoms with Gasteiger partial charge in [-0.05, 0) is 19.1 Å². The zero-order valence-corrected chi connectivity index (χ0v) is 16.3. The fourth-order valence-electron chi connectivity index (χ4n) is 2.93. The predicted octanol–water partition coefficient (Wildman–Crippen LogP) is 2.50. The lowest BCUT2D eigenvalue weighted by Crippen LogP contribution is -2.51. The Hall–Kier alpha value is -2.28. The molecule has 1 fully saturated rings. The lowest BCUT2D eigenvalue weighted by Gasteiger charge is -2.34. The van der Waals surface area contributed by atoms with E-state index in [2.05, 4.69) is 23.8 Å². The van der Waals surface area contributed by atoms with Gasteiger partial charge in [-0.15, -0.1) is 11.3 Å². The third-order valence-corrected chi connectivity index (χ3v) is 5.93. The Labute approximate surface area is 157 Å². The largest absolute Gasteiger partial charge is 0.339 e. The van der Waals surface area contributed by atoms with Crippen LogP contribution in [0.4, 0.5) is 0 Å². The van der Waals surface area contributed by atoms with Crippen LogP contribution in [0.25, 0.3) is 0 Å². The van der Waals surface area contributed by atoms with E-state index in [1.165, 1.54) is 11.3 Å². The molecule has 3 rings (SSSR count). The fraction of sp³-hybridized carbons (Fsp3) is 0.474. The molecule has 1 saturated heterocycles. The van der Waals surface area contributed by atoms with Crippen molar-refractivity contribution >= 4 is 23.2 Å². The number of hydrogen-bond donors (Lipinski definition) is 0. The number of nitrogens with zero attached hydrogens (tertiary/aromatic N) is 4. The molecular weight excluding hydrogens is 348 g/mol. The van der Waals surface area contributed by atoms with E-state index in [-0.39, 0.29) is 11.8 Å². The topological polar surface area (TPSA) is 66.4 Å². The van der Waals surface area contributed by atoms with Crippen LogP contribution in [0, 0.1) is 6.92 Å². The highest BCUT2D eigenvalue weighted by molar-refractivity contribution is 7.13. The molecule has 7 heteroatoms. The summed E-state index contributed by atoms with van der Waals surface area (Å²) >= 11 is 1.49. The minimum absolute atomic E-state index is 0.0312. The average Bonchev–Trinajstić information content (AvgIpc) is 3.04. The Morgan fingerprint density at radius 2 is 1.85 bits per heavy atom. The lowest BCUT2D eigenvalue weighted by molar-refractivity contribution is -0.132. The SMILES string of the molecule is Cc1nc(C(C)C)sc1C(=O)N1CCN(C(=O)Cc2ccccn2)CC1. The molecule has 6 nitrogen and oxygen atoms in total. The highest BCUT2D eigenvalue weighted by Crippen LogP contribution is 2.26. The number of pyridine rings is 1. The molecule has 0 unspecified atom stereocenters. The number of aromatic nitrogens is 2. The van der Waals surface area contributed by atoms with Crippen LogP contribution in [0.1, 0.15) is 45.8 Å². The monoisotopic (exact) mass is 372 g/mol. The molecule has 2 amide bonds. The second-order valence-corrected chi connectivity index (χ2v) is 7.82. The molecule has 2 aromatic rings. The first-order valence-electron chi connectivity index (χ1n) is 8.90. The van der Waals surface area contributed by atoms with E-state index in [0.29, 0.717) is 38.5 Å². The summed E-state index contributed by atoms with van der Waals surface area (Å²) in [5.74, 6) is 0.414. The van der Waals surface area contributed by atoms with Crippen molar-refractivity contribution in [3.8, 4) is 0 Å². The molecule has 0 saturated carbocycles. The Morgan fingerprint density at radius 3 is 2.42 bits per heavy atom. The van der Waals surface area contributed by atoms with Crippen LogP contribution in [0.3, 0.4) is 0 Å². The van der Waals surface area contributed by atoms with Crippen LogP contribution < -0.4 is 0 Å². The highest BCUT2D eigenvalue weighted by Gasteiger charge is 2.27. The molecule has 0 N–H and O–H groups in total. The first-order chi connectivity index (χ1) is 12.5. The standard InChI is InChI=1S/C19H24N4O2S/c1-13(2)18-21-14(3)17(26-18)19(25)23-10-8-22(9-11-23)16(24)12-15-6-4-5-7-20-15/h4-7,13H,8-12H2,1-3H3. The van der Waals surface area contributed by atoms with Crippen molar-refractivity contribution in [2.24, 2.45) is 0 Å². The molecule has 138 valence electrons. The van der Waals surface area contributed by atoms with Crippen molar-refractivity contribution < 1.29 is 9.59 Å². The molecule has 3 heterocycles. The summed E-state index contributed by atoms with van der Waals surface area (Å²) < 4.78 is 0. The van der Waals surface area contributed by atoms with Crippen molar-refractivity contribution in [3.05, 3.63) is 45.7 Å². The van der Waals surface area contributed by atoms with Crippen molar-refractivity contribution in [1.82, 2.24) is 19.8 Å². The smallest absolute Gasteiger partial charge is 0.265 e. The van der Waals surface area contributed by atoms with Gasteiger partial charge in [0.25, 0.3) is 5.91 Å². The summed E-state index contributed by atoms with van der Waals surface area (Å²) in [5, 5.41) is 0.995. The lowest BCUT2D eigenvalue weighted by atomic mass is 10.2. The van der Waals surface area contributed by atoms with Crippen molar-refractivity contribution in [1.29, 1.82) is 0 Å². The zero-order valence-electron chi connectivity index (χ0n) is 15.4. The number of thiazole rings is 1. The van der Waals surface area contributed by atoms with Crippen molar-refractivity contribution in [2.45, 2.75) is 33.1 Å². The Bertz CT molecular complexity index is 780. The number of carbonyl (C=O) groups excluding carboxylic acids is 2. The minimum atomic E-state index is 0.0312. The molecule has 0 atom stereocenters. The van der Waals surface area contributed by atoms with E-state index in [9.17, 15) is 9.59 Å². The third kappa shape index (κ3) is 4.09. The number of rotatable bonds is 4. The van der Waals surface area contributed by atoms with E-state index in [1.54, 1.807) is 6.20 Å². The van der Waals surface area contributed by atoms with E-state index < -0.39 is 0 Å². The second-order valence-electron chi connectivity index (χ2n) is 6.79. The molecule has 1 aliphatic rings. The van der Waals surface area contributed by atoms with Gasteiger partial charge < -0.3 is 9.80 Å². The molecule has 0 radical (unpaired) electrons. The Balaban J connectivity index is 1.58. The first kappa shape index (κ1) is 18.5. The molecule has 0 aromatic carbocycles. The molecule has 2 aromatic heterocycles. The van der Waals surface area contributed by atoms with E-state index >= 15 is 0 Å². The van der Waals surface area contributed by atoms with Crippen LogP contribution in [0.15, 0.2) is 24.4 Å². The van der Waals surface area contributed by atoms with E-state index in [1.807, 2.05) is 34.9 Å². The van der Waals surface area contributed by atoms with E-state index in [4.69, 9.17) is 0 Å². The Morgan fingerprint density at radius 1 is 1.15 bits per heavy atom. The summed E-state index contributed by atoms with van der Waals surface area (Å²) in [4.78, 5) is 38.3. The van der Waals surface area contributed by atoms with E-state index in [0.717, 1.165) is 21.3 Å². The number of carbonyl (C=O) groups is 2. The van der Waals surface area contributed by atoms with Gasteiger partial charge >= 0.3 is 0 Å².